The number of hydrogen-bond donors (Lipinski definition) is 0. The molecular weight excluding hydrogens is 139 g/mol. The van der Waals surface area contributed by atoms with Gasteiger partial charge in [0.15, 0.2) is 0 Å². The third-order valence-electron chi connectivity index (χ3n) is 0. The standard InChI is InChI=1S/FH.4Li.O4Si/c;;;;;1-5(2,3)4/h1H;;;;;/q;4*+1;-4. The molecule has 0 aromatic heterocycles. The summed E-state index contributed by atoms with van der Waals surface area (Å²) in [6.45, 7) is 0. The molecule has 0 atom stereocenters. The van der Waals surface area contributed by atoms with Crippen molar-refractivity contribution in [2.45, 2.75) is 0 Å². The molecule has 0 aliphatic rings. The third-order valence-corrected chi connectivity index (χ3v) is 0. The summed E-state index contributed by atoms with van der Waals surface area (Å²) in [6.07, 6.45) is 0. The van der Waals surface area contributed by atoms with Crippen molar-refractivity contribution in [3.8, 4) is 0 Å². The monoisotopic (exact) mass is 140 g/mol. The molecule has 0 aliphatic carbocycles. The van der Waals surface area contributed by atoms with Crippen LogP contribution < -0.4 is 94.6 Å². The zero-order valence-electron chi connectivity index (χ0n) is 6.54. The zero-order chi connectivity index (χ0) is 4.50. The molecule has 0 saturated carbocycles. The summed E-state index contributed by atoms with van der Waals surface area (Å²) in [6, 6.07) is 0. The first-order valence-electron chi connectivity index (χ1n) is 0.816. The van der Waals surface area contributed by atoms with Gasteiger partial charge >= 0.3 is 75.4 Å². The Kier molecular flexibility index (Phi) is 68.8. The van der Waals surface area contributed by atoms with E-state index in [2.05, 4.69) is 0 Å². The van der Waals surface area contributed by atoms with Gasteiger partial charge in [-0.1, -0.05) is 0 Å². The molecule has 10 heteroatoms. The van der Waals surface area contributed by atoms with E-state index in [0.717, 1.165) is 0 Å². The van der Waals surface area contributed by atoms with Crippen molar-refractivity contribution >= 4 is 9.05 Å². The summed E-state index contributed by atoms with van der Waals surface area (Å²) >= 11 is 0. The summed E-state index contributed by atoms with van der Waals surface area (Å²) in [5, 5.41) is 0. The fourth-order valence-corrected chi connectivity index (χ4v) is 0. The van der Waals surface area contributed by atoms with E-state index in [1.807, 2.05) is 0 Å². The van der Waals surface area contributed by atoms with Gasteiger partial charge in [0.2, 0.25) is 0 Å². The van der Waals surface area contributed by atoms with Crippen LogP contribution in [0, 0.1) is 0 Å². The van der Waals surface area contributed by atoms with Gasteiger partial charge in [0.25, 0.3) is 0 Å². The van der Waals surface area contributed by atoms with Crippen LogP contribution in [0.15, 0.2) is 0 Å². The Morgan fingerprint density at radius 2 is 0.600 bits per heavy atom. The van der Waals surface area contributed by atoms with Crippen LogP contribution in [0.4, 0.5) is 4.70 Å². The first-order valence-corrected chi connectivity index (χ1v) is 2.45. The molecule has 0 bridgehead atoms. The van der Waals surface area contributed by atoms with Crippen molar-refractivity contribution < 1.29 is 99.3 Å². The second kappa shape index (κ2) is 17.5. The third kappa shape index (κ3) is 162. The zero-order valence-corrected chi connectivity index (χ0v) is 7.54. The summed E-state index contributed by atoms with van der Waals surface area (Å²) in [4.78, 5) is 34.3. The van der Waals surface area contributed by atoms with Crippen molar-refractivity contribution in [2.75, 3.05) is 0 Å². The average Bonchev–Trinajstić information content (AvgIpc) is 0.722. The number of hydrogen-bond acceptors (Lipinski definition) is 4. The van der Waals surface area contributed by atoms with Crippen LogP contribution >= 0.6 is 0 Å². The molecule has 0 saturated heterocycles. The maximum Gasteiger partial charge on any atom is 1.00 e. The largest absolute Gasteiger partial charge is 1.00 e. The molecule has 0 aliphatic heterocycles. The molecule has 0 rings (SSSR count). The minimum Gasteiger partial charge on any atom is -0.894 e. The van der Waals surface area contributed by atoms with Crippen LogP contribution in [0.25, 0.3) is 0 Å². The molecule has 40 valence electrons. The Bertz CT molecular complexity index is 32.7. The van der Waals surface area contributed by atoms with E-state index in [4.69, 9.17) is 19.2 Å². The minimum absolute atomic E-state index is 0. The van der Waals surface area contributed by atoms with Gasteiger partial charge in [-0.2, -0.15) is 0 Å². The van der Waals surface area contributed by atoms with Crippen LogP contribution in [0.3, 0.4) is 0 Å². The van der Waals surface area contributed by atoms with Gasteiger partial charge in [-0.05, 0) is 0 Å². The first-order chi connectivity index (χ1) is 2.00. The smallest absolute Gasteiger partial charge is 0.894 e. The van der Waals surface area contributed by atoms with E-state index in [1.165, 1.54) is 0 Å². The molecule has 0 unspecified atom stereocenters. The van der Waals surface area contributed by atoms with Crippen molar-refractivity contribution in [1.29, 1.82) is 0 Å². The van der Waals surface area contributed by atoms with E-state index in [-0.39, 0.29) is 80.1 Å². The van der Waals surface area contributed by atoms with E-state index in [1.54, 1.807) is 0 Å². The summed E-state index contributed by atoms with van der Waals surface area (Å²) in [7, 11) is -5.61. The van der Waals surface area contributed by atoms with E-state index in [9.17, 15) is 0 Å². The summed E-state index contributed by atoms with van der Waals surface area (Å²) in [5.41, 5.74) is 0. The Labute approximate surface area is 107 Å². The maximum absolute atomic E-state index is 8.58. The quantitative estimate of drug-likeness (QED) is 0.312. The van der Waals surface area contributed by atoms with Crippen molar-refractivity contribution in [2.24, 2.45) is 0 Å². The average molecular weight is 140 g/mol. The fraction of sp³-hybridized carbons (Fsp3) is 0. The molecule has 0 radical (unpaired) electrons. The van der Waals surface area contributed by atoms with Gasteiger partial charge in [-0.3, -0.25) is 4.70 Å². The van der Waals surface area contributed by atoms with Gasteiger partial charge in [0, 0.05) is 0 Å². The van der Waals surface area contributed by atoms with Crippen LogP contribution in [0.2, 0.25) is 0 Å². The number of rotatable bonds is 0. The number of halogens is 1. The predicted octanol–water partition coefficient (Wildman–Crippen LogP) is -17.0. The van der Waals surface area contributed by atoms with Gasteiger partial charge in [0.05, 0.1) is 0 Å². The van der Waals surface area contributed by atoms with Crippen molar-refractivity contribution in [1.82, 2.24) is 0 Å². The van der Waals surface area contributed by atoms with Crippen LogP contribution in [0.1, 0.15) is 0 Å². The molecule has 4 nitrogen and oxygen atoms in total. The Morgan fingerprint density at radius 3 is 0.600 bits per heavy atom. The molecule has 0 aromatic rings. The fourth-order valence-electron chi connectivity index (χ4n) is 0. The van der Waals surface area contributed by atoms with Gasteiger partial charge in [-0.25, -0.2) is 0 Å². The molecular formula is HFLi4O4Si. The predicted molar refractivity (Wildman–Crippen MR) is 8.26 cm³/mol. The second-order valence-electron chi connectivity index (χ2n) is 0.500. The topological polar surface area (TPSA) is 92.2 Å². The first kappa shape index (κ1) is 39.4. The molecule has 10 heavy (non-hydrogen) atoms. The van der Waals surface area contributed by atoms with Crippen molar-refractivity contribution in [3.05, 3.63) is 0 Å². The van der Waals surface area contributed by atoms with Crippen LogP contribution in [-0.2, 0) is 0 Å². The summed E-state index contributed by atoms with van der Waals surface area (Å²) < 4.78 is 0. The molecule has 0 fully saturated rings. The van der Waals surface area contributed by atoms with Crippen molar-refractivity contribution in [3.63, 3.8) is 0 Å². The second-order valence-corrected chi connectivity index (χ2v) is 1.50. The Morgan fingerprint density at radius 1 is 0.600 bits per heavy atom. The van der Waals surface area contributed by atoms with Gasteiger partial charge in [0.1, 0.15) is 0 Å². The van der Waals surface area contributed by atoms with E-state index in [0.29, 0.717) is 0 Å². The van der Waals surface area contributed by atoms with E-state index >= 15 is 0 Å². The minimum atomic E-state index is -5.61. The SMILES string of the molecule is F.[Li+].[Li+].[Li+].[Li+].[O-][Si]([O-])([O-])[O-]. The molecule has 0 heterocycles. The van der Waals surface area contributed by atoms with Gasteiger partial charge < -0.3 is 28.2 Å². The normalized spacial score (nSPS) is 6.00. The van der Waals surface area contributed by atoms with Gasteiger partial charge in [-0.15, -0.1) is 0 Å². The molecule has 0 amide bonds. The Hall–Kier alpha value is 2.38. The van der Waals surface area contributed by atoms with E-state index < -0.39 is 9.05 Å². The Balaban J connectivity index is -0.00000000800. The molecule has 0 aromatic carbocycles. The molecule has 0 spiro atoms. The van der Waals surface area contributed by atoms with Crippen LogP contribution in [0.5, 0.6) is 0 Å². The summed E-state index contributed by atoms with van der Waals surface area (Å²) in [5.74, 6) is 0. The van der Waals surface area contributed by atoms with Crippen LogP contribution in [-0.4, -0.2) is 9.05 Å². The molecule has 0 N–H and O–H groups in total. The maximum atomic E-state index is 8.58.